The fraction of sp³-hybridized carbons (Fsp3) is 0.476. The molecule has 0 bridgehead atoms. The number of hydrogen-bond acceptors (Lipinski definition) is 4. The van der Waals surface area contributed by atoms with Gasteiger partial charge in [-0.25, -0.2) is 4.98 Å². The van der Waals surface area contributed by atoms with Crippen molar-refractivity contribution in [3.63, 3.8) is 0 Å². The summed E-state index contributed by atoms with van der Waals surface area (Å²) < 4.78 is 0. The number of aromatic nitrogens is 1. The summed E-state index contributed by atoms with van der Waals surface area (Å²) in [5, 5.41) is 5.83. The van der Waals surface area contributed by atoms with Crippen LogP contribution in [-0.2, 0) is 11.3 Å². The van der Waals surface area contributed by atoms with E-state index in [1.54, 1.807) is 11.3 Å². The summed E-state index contributed by atoms with van der Waals surface area (Å²) in [5.74, 6) is 0.784. The van der Waals surface area contributed by atoms with E-state index in [2.05, 4.69) is 36.3 Å². The van der Waals surface area contributed by atoms with Crippen LogP contribution in [0.5, 0.6) is 0 Å². The number of hydrogen-bond donors (Lipinski definition) is 1. The zero-order chi connectivity index (χ0) is 19.4. The number of thiazole rings is 1. The Morgan fingerprint density at radius 2 is 2.04 bits per heavy atom. The lowest BCUT2D eigenvalue weighted by Gasteiger charge is -2.32. The molecule has 0 spiro atoms. The number of carbonyl (C=O) groups excluding carboxylic acids is 2. The molecular formula is C21H27N3O2S. The molecule has 1 aliphatic rings. The zero-order valence-electron chi connectivity index (χ0n) is 16.2. The number of rotatable bonds is 5. The van der Waals surface area contributed by atoms with E-state index < -0.39 is 0 Å². The van der Waals surface area contributed by atoms with Gasteiger partial charge in [0.05, 0.1) is 17.2 Å². The van der Waals surface area contributed by atoms with Gasteiger partial charge in [-0.3, -0.25) is 9.59 Å². The second kappa shape index (κ2) is 8.65. The molecule has 5 nitrogen and oxygen atoms in total. The van der Waals surface area contributed by atoms with Crippen molar-refractivity contribution in [3.8, 4) is 0 Å². The van der Waals surface area contributed by atoms with Crippen LogP contribution in [0.3, 0.4) is 0 Å². The lowest BCUT2D eigenvalue weighted by atomic mass is 9.97. The highest BCUT2D eigenvalue weighted by molar-refractivity contribution is 7.09. The van der Waals surface area contributed by atoms with Gasteiger partial charge in [0.15, 0.2) is 0 Å². The van der Waals surface area contributed by atoms with Crippen molar-refractivity contribution in [2.24, 2.45) is 0 Å². The van der Waals surface area contributed by atoms with Gasteiger partial charge in [-0.2, -0.15) is 0 Å². The average molecular weight is 386 g/mol. The minimum absolute atomic E-state index is 0.0533. The lowest BCUT2D eigenvalue weighted by Crippen LogP contribution is -2.39. The van der Waals surface area contributed by atoms with Crippen LogP contribution in [0.25, 0.3) is 0 Å². The molecule has 0 unspecified atom stereocenters. The molecule has 3 rings (SSSR count). The summed E-state index contributed by atoms with van der Waals surface area (Å²) in [6.07, 6.45) is 2.03. The van der Waals surface area contributed by atoms with Crippen molar-refractivity contribution in [1.29, 1.82) is 0 Å². The predicted octanol–water partition coefficient (Wildman–Crippen LogP) is 3.92. The Labute approximate surface area is 164 Å². The third-order valence-corrected chi connectivity index (χ3v) is 6.03. The minimum Gasteiger partial charge on any atom is -0.351 e. The van der Waals surface area contributed by atoms with Crippen molar-refractivity contribution >= 4 is 23.2 Å². The quantitative estimate of drug-likeness (QED) is 0.848. The largest absolute Gasteiger partial charge is 0.351 e. The smallest absolute Gasteiger partial charge is 0.253 e. The lowest BCUT2D eigenvalue weighted by molar-refractivity contribution is -0.119. The van der Waals surface area contributed by atoms with Crippen LogP contribution in [0.1, 0.15) is 72.1 Å². The molecule has 1 aromatic heterocycles. The van der Waals surface area contributed by atoms with Crippen LogP contribution in [0.15, 0.2) is 29.6 Å². The molecule has 1 aliphatic heterocycles. The summed E-state index contributed by atoms with van der Waals surface area (Å²) >= 11 is 1.62. The Kier molecular flexibility index (Phi) is 6.26. The maximum atomic E-state index is 12.9. The highest BCUT2D eigenvalue weighted by Crippen LogP contribution is 2.30. The first-order valence-electron chi connectivity index (χ1n) is 9.52. The maximum Gasteiger partial charge on any atom is 0.253 e. The van der Waals surface area contributed by atoms with Gasteiger partial charge in [0.25, 0.3) is 5.91 Å². The summed E-state index contributed by atoms with van der Waals surface area (Å²) in [5.41, 5.74) is 2.89. The van der Waals surface area contributed by atoms with Crippen LogP contribution in [0, 0.1) is 0 Å². The van der Waals surface area contributed by atoms with Gasteiger partial charge >= 0.3 is 0 Å². The van der Waals surface area contributed by atoms with E-state index in [-0.39, 0.29) is 17.7 Å². The van der Waals surface area contributed by atoms with Crippen molar-refractivity contribution in [3.05, 3.63) is 51.5 Å². The topological polar surface area (TPSA) is 62.3 Å². The first kappa shape index (κ1) is 19.5. The van der Waals surface area contributed by atoms with E-state index in [1.807, 2.05) is 22.4 Å². The summed E-state index contributed by atoms with van der Waals surface area (Å²) in [4.78, 5) is 30.6. The highest BCUT2D eigenvalue weighted by Gasteiger charge is 2.27. The van der Waals surface area contributed by atoms with E-state index in [4.69, 9.17) is 0 Å². The number of nitrogens with zero attached hydrogens (tertiary/aromatic N) is 2. The van der Waals surface area contributed by atoms with Crippen LogP contribution in [-0.4, -0.2) is 34.8 Å². The van der Waals surface area contributed by atoms with Crippen LogP contribution >= 0.6 is 11.3 Å². The number of benzene rings is 1. The Balaban J connectivity index is 1.65. The molecule has 0 radical (unpaired) electrons. The number of nitrogens with one attached hydrogen (secondary N) is 1. The van der Waals surface area contributed by atoms with Gasteiger partial charge in [-0.15, -0.1) is 11.3 Å². The van der Waals surface area contributed by atoms with Crippen molar-refractivity contribution < 1.29 is 9.59 Å². The second-order valence-corrected chi connectivity index (χ2v) is 8.34. The van der Waals surface area contributed by atoms with E-state index in [0.717, 1.165) is 35.7 Å². The molecule has 2 amide bonds. The molecule has 1 aromatic carbocycles. The highest BCUT2D eigenvalue weighted by atomic mass is 32.1. The monoisotopic (exact) mass is 385 g/mol. The molecule has 144 valence electrons. The Hall–Kier alpha value is -2.21. The maximum absolute atomic E-state index is 12.9. The van der Waals surface area contributed by atoms with Gasteiger partial charge in [0.1, 0.15) is 0 Å². The fourth-order valence-corrected chi connectivity index (χ4v) is 4.31. The predicted molar refractivity (Wildman–Crippen MR) is 108 cm³/mol. The Morgan fingerprint density at radius 3 is 2.70 bits per heavy atom. The molecule has 2 heterocycles. The van der Waals surface area contributed by atoms with Crippen LogP contribution < -0.4 is 5.32 Å². The van der Waals surface area contributed by atoms with Gasteiger partial charge in [0, 0.05) is 36.9 Å². The first-order chi connectivity index (χ1) is 12.9. The van der Waals surface area contributed by atoms with Gasteiger partial charge in [-0.1, -0.05) is 26.0 Å². The van der Waals surface area contributed by atoms with Crippen molar-refractivity contribution in [1.82, 2.24) is 15.2 Å². The average Bonchev–Trinajstić information content (AvgIpc) is 3.15. The van der Waals surface area contributed by atoms with E-state index in [1.165, 1.54) is 12.5 Å². The molecule has 1 fully saturated rings. The third kappa shape index (κ3) is 4.95. The van der Waals surface area contributed by atoms with Gasteiger partial charge in [0.2, 0.25) is 5.91 Å². The second-order valence-electron chi connectivity index (χ2n) is 7.45. The van der Waals surface area contributed by atoms with Crippen molar-refractivity contribution in [2.45, 2.75) is 52.0 Å². The molecule has 0 saturated carbocycles. The van der Waals surface area contributed by atoms with Crippen LogP contribution in [0.2, 0.25) is 0 Å². The number of amides is 2. The summed E-state index contributed by atoms with van der Waals surface area (Å²) in [7, 11) is 0. The SMILES string of the molecule is CC(=O)NCc1csc([C@H]2CCCN(C(=O)c3ccc(C(C)C)cc3)C2)n1. The Bertz CT molecular complexity index is 798. The molecule has 0 aliphatic carbocycles. The molecule has 27 heavy (non-hydrogen) atoms. The zero-order valence-corrected chi connectivity index (χ0v) is 17.0. The first-order valence-corrected chi connectivity index (χ1v) is 10.4. The Morgan fingerprint density at radius 1 is 1.30 bits per heavy atom. The number of carbonyl (C=O) groups is 2. The standard InChI is InChI=1S/C21H27N3O2S/c1-14(2)16-6-8-17(9-7-16)21(26)24-10-4-5-18(12-24)20-23-19(13-27-20)11-22-15(3)25/h6-9,13-14,18H,4-5,10-12H2,1-3H3,(H,22,25)/t18-/m0/s1. The molecule has 1 atom stereocenters. The molecule has 1 saturated heterocycles. The molecule has 6 heteroatoms. The van der Waals surface area contributed by atoms with Crippen LogP contribution in [0.4, 0.5) is 0 Å². The molecular weight excluding hydrogens is 358 g/mol. The van der Waals surface area contributed by atoms with E-state index in [9.17, 15) is 9.59 Å². The molecule has 2 aromatic rings. The molecule has 1 N–H and O–H groups in total. The fourth-order valence-electron chi connectivity index (χ4n) is 3.36. The summed E-state index contributed by atoms with van der Waals surface area (Å²) in [6.45, 7) is 7.78. The van der Waals surface area contributed by atoms with Crippen molar-refractivity contribution in [2.75, 3.05) is 13.1 Å². The third-order valence-electron chi connectivity index (χ3n) is 4.97. The van der Waals surface area contributed by atoms with Gasteiger partial charge in [-0.05, 0) is 36.5 Å². The minimum atomic E-state index is -0.0533. The summed E-state index contributed by atoms with van der Waals surface area (Å²) in [6, 6.07) is 7.98. The van der Waals surface area contributed by atoms with E-state index >= 15 is 0 Å². The number of piperidine rings is 1. The van der Waals surface area contributed by atoms with Gasteiger partial charge < -0.3 is 10.2 Å². The number of likely N-dealkylation sites (tertiary alicyclic amines) is 1. The normalized spacial score (nSPS) is 17.2. The van der Waals surface area contributed by atoms with E-state index in [0.29, 0.717) is 19.0 Å².